The lowest BCUT2D eigenvalue weighted by molar-refractivity contribution is -0.113. The van der Waals surface area contributed by atoms with Gasteiger partial charge in [-0.05, 0) is 56.5 Å². The molecule has 0 unspecified atom stereocenters. The van der Waals surface area contributed by atoms with Crippen molar-refractivity contribution >= 4 is 23.5 Å². The van der Waals surface area contributed by atoms with Crippen LogP contribution in [0.4, 0.5) is 5.82 Å². The zero-order chi connectivity index (χ0) is 19.6. The summed E-state index contributed by atoms with van der Waals surface area (Å²) >= 11 is 1.29. The van der Waals surface area contributed by atoms with E-state index in [4.69, 9.17) is 0 Å². The summed E-state index contributed by atoms with van der Waals surface area (Å²) in [6.45, 7) is 7.94. The molecule has 9 heteroatoms. The van der Waals surface area contributed by atoms with Gasteiger partial charge in [0, 0.05) is 11.7 Å². The molecule has 0 bridgehead atoms. The zero-order valence-electron chi connectivity index (χ0n) is 16.2. The van der Waals surface area contributed by atoms with Crippen molar-refractivity contribution < 1.29 is 4.79 Å². The first-order chi connectivity index (χ1) is 12.9. The van der Waals surface area contributed by atoms with Gasteiger partial charge in [-0.1, -0.05) is 24.6 Å². The van der Waals surface area contributed by atoms with Crippen LogP contribution in [0.15, 0.2) is 5.16 Å². The number of hydrogen-bond donors (Lipinski definition) is 1. The normalized spacial score (nSPS) is 14.7. The molecule has 27 heavy (non-hydrogen) atoms. The summed E-state index contributed by atoms with van der Waals surface area (Å²) in [5, 5.41) is 24.8. The van der Waals surface area contributed by atoms with Crippen LogP contribution in [0.1, 0.15) is 68.4 Å². The van der Waals surface area contributed by atoms with E-state index < -0.39 is 0 Å². The third-order valence-electron chi connectivity index (χ3n) is 5.10. The van der Waals surface area contributed by atoms with E-state index >= 15 is 0 Å². The lowest BCUT2D eigenvalue weighted by atomic mass is 10.2. The average Bonchev–Trinajstić information content (AvgIpc) is 3.35. The fourth-order valence-corrected chi connectivity index (χ4v) is 4.41. The van der Waals surface area contributed by atoms with Crippen LogP contribution in [0.5, 0.6) is 0 Å². The fraction of sp³-hybridized carbons (Fsp3) is 0.611. The van der Waals surface area contributed by atoms with Crippen LogP contribution in [-0.2, 0) is 4.79 Å². The molecule has 144 valence electrons. The van der Waals surface area contributed by atoms with Gasteiger partial charge in [0.05, 0.1) is 17.4 Å². The Morgan fingerprint density at radius 2 is 2.07 bits per heavy atom. The van der Waals surface area contributed by atoms with Crippen LogP contribution in [0.3, 0.4) is 0 Å². The third-order valence-corrected chi connectivity index (χ3v) is 6.03. The molecule has 0 radical (unpaired) electrons. The highest BCUT2D eigenvalue weighted by Crippen LogP contribution is 2.37. The van der Waals surface area contributed by atoms with Gasteiger partial charge in [0.25, 0.3) is 0 Å². The van der Waals surface area contributed by atoms with Crippen LogP contribution < -0.4 is 5.32 Å². The summed E-state index contributed by atoms with van der Waals surface area (Å²) in [4.78, 5) is 12.6. The van der Waals surface area contributed by atoms with Crippen LogP contribution >= 0.6 is 11.8 Å². The molecular formula is C18H25N7OS. The predicted molar refractivity (Wildman–Crippen MR) is 104 cm³/mol. The van der Waals surface area contributed by atoms with E-state index in [-0.39, 0.29) is 17.7 Å². The second-order valence-corrected chi connectivity index (χ2v) is 8.13. The summed E-state index contributed by atoms with van der Waals surface area (Å²) in [5.41, 5.74) is 2.56. The first-order valence-corrected chi connectivity index (χ1v) is 10.2. The Bertz CT molecular complexity index is 871. The zero-order valence-corrected chi connectivity index (χ0v) is 17.0. The quantitative estimate of drug-likeness (QED) is 0.762. The van der Waals surface area contributed by atoms with Gasteiger partial charge in [-0.3, -0.25) is 4.79 Å². The second-order valence-electron chi connectivity index (χ2n) is 7.19. The second kappa shape index (κ2) is 8.13. The summed E-state index contributed by atoms with van der Waals surface area (Å²) in [6.07, 6.45) is 4.54. The molecule has 2 aromatic rings. The number of carbonyl (C=O) groups is 1. The van der Waals surface area contributed by atoms with Crippen LogP contribution in [-0.4, -0.2) is 36.4 Å². The number of nitrogens with one attached hydrogen (secondary N) is 1. The van der Waals surface area contributed by atoms with Gasteiger partial charge in [-0.15, -0.1) is 5.10 Å². The van der Waals surface area contributed by atoms with E-state index in [9.17, 15) is 10.1 Å². The SMILES string of the molecule is Cc1c(C#N)c(NC(=O)CSc2nnnn2C(C)C)n(C2CCCC2)c1C. The summed E-state index contributed by atoms with van der Waals surface area (Å²) in [7, 11) is 0. The Morgan fingerprint density at radius 1 is 1.37 bits per heavy atom. The minimum atomic E-state index is -0.161. The number of thioether (sulfide) groups is 1. The molecule has 0 spiro atoms. The lowest BCUT2D eigenvalue weighted by Gasteiger charge is -2.19. The number of aromatic nitrogens is 5. The topological polar surface area (TPSA) is 101 Å². The van der Waals surface area contributed by atoms with E-state index in [0.29, 0.717) is 22.6 Å². The number of nitriles is 1. The summed E-state index contributed by atoms with van der Waals surface area (Å²) < 4.78 is 3.84. The van der Waals surface area contributed by atoms with Crippen molar-refractivity contribution in [3.63, 3.8) is 0 Å². The molecule has 0 atom stereocenters. The van der Waals surface area contributed by atoms with E-state index in [0.717, 1.165) is 24.1 Å². The number of carbonyl (C=O) groups excluding carboxylic acids is 1. The molecule has 0 aromatic carbocycles. The minimum absolute atomic E-state index is 0.126. The van der Waals surface area contributed by atoms with Crippen molar-refractivity contribution in [2.45, 2.75) is 70.6 Å². The van der Waals surface area contributed by atoms with Gasteiger partial charge in [-0.25, -0.2) is 4.68 Å². The summed E-state index contributed by atoms with van der Waals surface area (Å²) in [5.74, 6) is 0.659. The van der Waals surface area contributed by atoms with Gasteiger partial charge in [0.2, 0.25) is 11.1 Å². The molecule has 8 nitrogen and oxygen atoms in total. The molecule has 1 aliphatic rings. The fourth-order valence-electron chi connectivity index (χ4n) is 3.61. The van der Waals surface area contributed by atoms with Crippen molar-refractivity contribution in [3.05, 3.63) is 16.8 Å². The lowest BCUT2D eigenvalue weighted by Crippen LogP contribution is -2.20. The average molecular weight is 388 g/mol. The number of hydrogen-bond acceptors (Lipinski definition) is 6. The Morgan fingerprint density at radius 3 is 2.70 bits per heavy atom. The standard InChI is InChI=1S/C18H25N7OS/c1-11(2)25-18(21-22-23-25)27-10-16(26)20-17-15(9-19)12(3)13(4)24(17)14-7-5-6-8-14/h11,14H,5-8,10H2,1-4H3,(H,20,26). The molecule has 1 fully saturated rings. The van der Waals surface area contributed by atoms with Crippen molar-refractivity contribution in [3.8, 4) is 6.07 Å². The number of anilines is 1. The highest BCUT2D eigenvalue weighted by molar-refractivity contribution is 7.99. The largest absolute Gasteiger partial charge is 0.327 e. The van der Waals surface area contributed by atoms with Crippen LogP contribution in [0, 0.1) is 25.2 Å². The summed E-state index contributed by atoms with van der Waals surface area (Å²) in [6, 6.07) is 2.74. The molecule has 3 rings (SSSR count). The molecule has 1 saturated carbocycles. The molecule has 0 saturated heterocycles. The number of amides is 1. The molecule has 1 N–H and O–H groups in total. The van der Waals surface area contributed by atoms with E-state index in [1.165, 1.54) is 24.6 Å². The Hall–Kier alpha value is -2.34. The smallest absolute Gasteiger partial charge is 0.235 e. The third kappa shape index (κ3) is 3.86. The van der Waals surface area contributed by atoms with E-state index in [1.54, 1.807) is 4.68 Å². The predicted octanol–water partition coefficient (Wildman–Crippen LogP) is 3.39. The van der Waals surface area contributed by atoms with Gasteiger partial charge >= 0.3 is 0 Å². The number of rotatable bonds is 6. The maximum atomic E-state index is 12.6. The molecule has 1 aliphatic carbocycles. The maximum Gasteiger partial charge on any atom is 0.235 e. The highest BCUT2D eigenvalue weighted by Gasteiger charge is 2.26. The van der Waals surface area contributed by atoms with Crippen molar-refractivity contribution in [1.82, 2.24) is 24.8 Å². The maximum absolute atomic E-state index is 12.6. The number of nitrogens with zero attached hydrogens (tertiary/aromatic N) is 6. The van der Waals surface area contributed by atoms with Gasteiger partial charge in [0.1, 0.15) is 11.9 Å². The van der Waals surface area contributed by atoms with Crippen LogP contribution in [0.25, 0.3) is 0 Å². The van der Waals surface area contributed by atoms with Gasteiger partial charge < -0.3 is 9.88 Å². The molecular weight excluding hydrogens is 362 g/mol. The molecule has 1 amide bonds. The first-order valence-electron chi connectivity index (χ1n) is 9.26. The molecule has 0 aliphatic heterocycles. The van der Waals surface area contributed by atoms with Crippen molar-refractivity contribution in [1.29, 1.82) is 5.26 Å². The van der Waals surface area contributed by atoms with E-state index in [1.807, 2.05) is 27.7 Å². The van der Waals surface area contributed by atoms with Crippen molar-refractivity contribution in [2.24, 2.45) is 0 Å². The van der Waals surface area contributed by atoms with Crippen LogP contribution in [0.2, 0.25) is 0 Å². The van der Waals surface area contributed by atoms with Crippen molar-refractivity contribution in [2.75, 3.05) is 11.1 Å². The highest BCUT2D eigenvalue weighted by atomic mass is 32.2. The molecule has 2 aromatic heterocycles. The molecule has 2 heterocycles. The Kier molecular flexibility index (Phi) is 5.85. The Balaban J connectivity index is 1.78. The van der Waals surface area contributed by atoms with Gasteiger partial charge in [0.15, 0.2) is 0 Å². The first kappa shape index (κ1) is 19.4. The number of tetrazole rings is 1. The van der Waals surface area contributed by atoms with E-state index in [2.05, 4.69) is 31.5 Å². The minimum Gasteiger partial charge on any atom is -0.327 e. The monoisotopic (exact) mass is 387 g/mol. The Labute approximate surface area is 163 Å². The van der Waals surface area contributed by atoms with Gasteiger partial charge in [-0.2, -0.15) is 5.26 Å².